The number of benzene rings is 2. The minimum absolute atomic E-state index is 0.159. The van der Waals surface area contributed by atoms with Gasteiger partial charge in [-0.25, -0.2) is 9.59 Å². The molecule has 0 aliphatic rings. The second-order valence-electron chi connectivity index (χ2n) is 5.69. The van der Waals surface area contributed by atoms with Gasteiger partial charge in [0.25, 0.3) is 0 Å². The molecule has 6 heteroatoms. The molecule has 0 saturated heterocycles. The van der Waals surface area contributed by atoms with Crippen molar-refractivity contribution in [2.45, 2.75) is 26.0 Å². The number of nitrogens with zero attached hydrogens (tertiary/aromatic N) is 1. The number of imidazole rings is 1. The maximum Gasteiger partial charge on any atom is 0.347 e. The topological polar surface area (TPSA) is 73.3 Å². The van der Waals surface area contributed by atoms with Crippen LogP contribution in [0.15, 0.2) is 59.4 Å². The quantitative estimate of drug-likeness (QED) is 0.530. The van der Waals surface area contributed by atoms with E-state index in [-0.39, 0.29) is 12.3 Å². The van der Waals surface area contributed by atoms with Gasteiger partial charge in [-0.15, -0.1) is 0 Å². The van der Waals surface area contributed by atoms with Crippen molar-refractivity contribution < 1.29 is 14.3 Å². The van der Waals surface area contributed by atoms with Crippen LogP contribution < -0.4 is 10.4 Å². The lowest BCUT2D eigenvalue weighted by Crippen LogP contribution is -2.27. The zero-order chi connectivity index (χ0) is 17.6. The molecule has 1 N–H and O–H groups in total. The standard InChI is InChI=1S/C19H20N2O4/c1-14(25-15-8-3-2-4-9-15)18(22)24-13-7-12-21-17-11-6-5-10-16(17)20-19(21)23/h2-6,8-11,14H,7,12-13H2,1H3,(H,20,23). The average molecular weight is 340 g/mol. The van der Waals surface area contributed by atoms with Crippen molar-refractivity contribution in [1.82, 2.24) is 9.55 Å². The third-order valence-electron chi connectivity index (χ3n) is 3.84. The number of fused-ring (bicyclic) bond motifs is 1. The summed E-state index contributed by atoms with van der Waals surface area (Å²) in [5.41, 5.74) is 1.49. The molecule has 1 heterocycles. The fourth-order valence-electron chi connectivity index (χ4n) is 2.59. The van der Waals surface area contributed by atoms with Crippen LogP contribution in [0.3, 0.4) is 0 Å². The summed E-state index contributed by atoms with van der Waals surface area (Å²) in [4.78, 5) is 26.7. The Labute approximate surface area is 145 Å². The summed E-state index contributed by atoms with van der Waals surface area (Å²) in [6.07, 6.45) is -0.135. The second-order valence-corrected chi connectivity index (χ2v) is 5.69. The third kappa shape index (κ3) is 4.09. The Kier molecular flexibility index (Phi) is 5.18. The third-order valence-corrected chi connectivity index (χ3v) is 3.84. The number of nitrogens with one attached hydrogen (secondary N) is 1. The van der Waals surface area contributed by atoms with Crippen LogP contribution in [0.2, 0.25) is 0 Å². The Morgan fingerprint density at radius 3 is 2.64 bits per heavy atom. The molecule has 0 spiro atoms. The van der Waals surface area contributed by atoms with Crippen molar-refractivity contribution >= 4 is 17.0 Å². The zero-order valence-electron chi connectivity index (χ0n) is 14.0. The Hall–Kier alpha value is -3.02. The van der Waals surface area contributed by atoms with E-state index < -0.39 is 12.1 Å². The molecule has 1 unspecified atom stereocenters. The lowest BCUT2D eigenvalue weighted by Gasteiger charge is -2.14. The first-order valence-corrected chi connectivity index (χ1v) is 8.21. The summed E-state index contributed by atoms with van der Waals surface area (Å²) in [5, 5.41) is 0. The van der Waals surface area contributed by atoms with E-state index in [0.717, 1.165) is 11.0 Å². The maximum absolute atomic E-state index is 12.0. The molecule has 1 aromatic heterocycles. The van der Waals surface area contributed by atoms with Crippen LogP contribution in [0.1, 0.15) is 13.3 Å². The number of carbonyl (C=O) groups excluding carboxylic acids is 1. The van der Waals surface area contributed by atoms with Crippen molar-refractivity contribution in [3.05, 3.63) is 65.1 Å². The lowest BCUT2D eigenvalue weighted by molar-refractivity contribution is -0.151. The van der Waals surface area contributed by atoms with E-state index in [2.05, 4.69) is 4.98 Å². The number of hydrogen-bond acceptors (Lipinski definition) is 4. The number of carbonyl (C=O) groups is 1. The summed E-state index contributed by atoms with van der Waals surface area (Å²) >= 11 is 0. The van der Waals surface area contributed by atoms with Gasteiger partial charge in [-0.2, -0.15) is 0 Å². The predicted molar refractivity (Wildman–Crippen MR) is 94.7 cm³/mol. The minimum Gasteiger partial charge on any atom is -0.479 e. The number of ether oxygens (including phenoxy) is 2. The molecule has 0 radical (unpaired) electrons. The van der Waals surface area contributed by atoms with Gasteiger partial charge in [-0.05, 0) is 37.6 Å². The van der Waals surface area contributed by atoms with Crippen LogP contribution in [0.4, 0.5) is 0 Å². The van der Waals surface area contributed by atoms with E-state index in [1.807, 2.05) is 42.5 Å². The number of rotatable bonds is 7. The molecule has 130 valence electrons. The summed E-state index contributed by atoms with van der Waals surface area (Å²) < 4.78 is 12.4. The Bertz CT molecular complexity index is 898. The molecule has 25 heavy (non-hydrogen) atoms. The molecule has 6 nitrogen and oxygen atoms in total. The molecule has 0 saturated carbocycles. The molecule has 0 fully saturated rings. The van der Waals surface area contributed by atoms with Crippen LogP contribution in [-0.4, -0.2) is 28.2 Å². The maximum atomic E-state index is 12.0. The Morgan fingerprint density at radius 1 is 1.12 bits per heavy atom. The number of aromatic amines is 1. The van der Waals surface area contributed by atoms with Crippen molar-refractivity contribution in [3.8, 4) is 5.75 Å². The van der Waals surface area contributed by atoms with Gasteiger partial charge < -0.3 is 14.5 Å². The van der Waals surface area contributed by atoms with E-state index in [9.17, 15) is 9.59 Å². The fraction of sp³-hybridized carbons (Fsp3) is 0.263. The van der Waals surface area contributed by atoms with Crippen LogP contribution in [0, 0.1) is 0 Å². The summed E-state index contributed by atoms with van der Waals surface area (Å²) in [6.45, 7) is 2.36. The van der Waals surface area contributed by atoms with Gasteiger partial charge in [-0.1, -0.05) is 30.3 Å². The van der Waals surface area contributed by atoms with Gasteiger partial charge in [0, 0.05) is 6.54 Å². The first-order chi connectivity index (χ1) is 12.1. The zero-order valence-corrected chi connectivity index (χ0v) is 14.0. The van der Waals surface area contributed by atoms with Crippen LogP contribution in [0.25, 0.3) is 11.0 Å². The van der Waals surface area contributed by atoms with Crippen molar-refractivity contribution in [2.24, 2.45) is 0 Å². The molecular formula is C19H20N2O4. The van der Waals surface area contributed by atoms with Gasteiger partial charge in [0.1, 0.15) is 5.75 Å². The number of H-pyrrole nitrogens is 1. The molecule has 2 aromatic carbocycles. The highest BCUT2D eigenvalue weighted by atomic mass is 16.6. The number of esters is 1. The predicted octanol–water partition coefficient (Wildman–Crippen LogP) is 2.73. The Balaban J connectivity index is 1.48. The highest BCUT2D eigenvalue weighted by Crippen LogP contribution is 2.12. The molecule has 3 aromatic rings. The molecule has 1 atom stereocenters. The van der Waals surface area contributed by atoms with Gasteiger partial charge >= 0.3 is 11.7 Å². The van der Waals surface area contributed by atoms with E-state index in [4.69, 9.17) is 9.47 Å². The number of hydrogen-bond donors (Lipinski definition) is 1. The molecule has 0 amide bonds. The van der Waals surface area contributed by atoms with E-state index >= 15 is 0 Å². The highest BCUT2D eigenvalue weighted by molar-refractivity contribution is 5.75. The smallest absolute Gasteiger partial charge is 0.347 e. The highest BCUT2D eigenvalue weighted by Gasteiger charge is 2.16. The first kappa shape index (κ1) is 16.8. The van der Waals surface area contributed by atoms with Gasteiger partial charge in [0.05, 0.1) is 17.6 Å². The molecule has 0 bridgehead atoms. The summed E-state index contributed by atoms with van der Waals surface area (Å²) in [6, 6.07) is 16.6. The average Bonchev–Trinajstić information content (AvgIpc) is 2.94. The largest absolute Gasteiger partial charge is 0.479 e. The van der Waals surface area contributed by atoms with Gasteiger partial charge in [0.15, 0.2) is 6.10 Å². The molecular weight excluding hydrogens is 320 g/mol. The first-order valence-electron chi connectivity index (χ1n) is 8.21. The molecule has 3 rings (SSSR count). The summed E-state index contributed by atoms with van der Waals surface area (Å²) in [7, 11) is 0. The normalized spacial score (nSPS) is 12.0. The fourth-order valence-corrected chi connectivity index (χ4v) is 2.59. The van der Waals surface area contributed by atoms with Gasteiger partial charge in [0.2, 0.25) is 0 Å². The molecule has 0 aliphatic carbocycles. The van der Waals surface area contributed by atoms with Crippen molar-refractivity contribution in [2.75, 3.05) is 6.61 Å². The van der Waals surface area contributed by atoms with E-state index in [1.54, 1.807) is 23.6 Å². The Morgan fingerprint density at radius 2 is 1.84 bits per heavy atom. The van der Waals surface area contributed by atoms with Crippen molar-refractivity contribution in [1.29, 1.82) is 0 Å². The molecule has 0 aliphatic heterocycles. The van der Waals surface area contributed by atoms with Crippen LogP contribution in [0.5, 0.6) is 5.75 Å². The van der Waals surface area contributed by atoms with Crippen LogP contribution in [-0.2, 0) is 16.1 Å². The lowest BCUT2D eigenvalue weighted by atomic mass is 10.3. The number of aryl methyl sites for hydroxylation is 1. The van der Waals surface area contributed by atoms with E-state index in [1.165, 1.54) is 0 Å². The summed E-state index contributed by atoms with van der Waals surface area (Å²) in [5.74, 6) is 0.201. The number of aromatic nitrogens is 2. The van der Waals surface area contributed by atoms with Crippen LogP contribution >= 0.6 is 0 Å². The monoisotopic (exact) mass is 340 g/mol. The minimum atomic E-state index is -0.682. The van der Waals surface area contributed by atoms with Crippen molar-refractivity contribution in [3.63, 3.8) is 0 Å². The number of para-hydroxylation sites is 3. The second kappa shape index (κ2) is 7.70. The van der Waals surface area contributed by atoms with E-state index in [0.29, 0.717) is 18.7 Å². The SMILES string of the molecule is CC(Oc1ccccc1)C(=O)OCCCn1c(=O)[nH]c2ccccc21. The van der Waals surface area contributed by atoms with Gasteiger partial charge in [-0.3, -0.25) is 4.57 Å².